The zero-order valence-corrected chi connectivity index (χ0v) is 29.7. The van der Waals surface area contributed by atoms with Crippen molar-refractivity contribution in [3.8, 4) is 78.9 Å². The fraction of sp³-hybridized carbons (Fsp3) is 0.0426. The van der Waals surface area contributed by atoms with E-state index in [1.54, 1.807) is 0 Å². The van der Waals surface area contributed by atoms with Gasteiger partial charge < -0.3 is 0 Å². The van der Waals surface area contributed by atoms with E-state index in [0.29, 0.717) is 17.5 Å². The lowest BCUT2D eigenvalue weighted by molar-refractivity contribution is 0.865. The zero-order valence-electron chi connectivity index (χ0n) is 29.7. The van der Waals surface area contributed by atoms with E-state index in [1.165, 1.54) is 5.56 Å². The number of hydrogen-bond acceptors (Lipinski definition) is 7. The SMILES string of the molecule is Cc1nc2ccccc2cc1-c1nnnc(-c2ccc(-c3ccc(-c4nc(-c5ccccc5)nc(-c5ccc(-c6ccccc6)cc5)n4)cc3)cc2)c1C. The molecule has 0 radical (unpaired) electrons. The van der Waals surface area contributed by atoms with Gasteiger partial charge in [-0.2, -0.15) is 0 Å². The molecule has 6 aromatic carbocycles. The molecule has 0 saturated carbocycles. The minimum atomic E-state index is 0.618. The minimum absolute atomic E-state index is 0.618. The summed E-state index contributed by atoms with van der Waals surface area (Å²) in [4.78, 5) is 19.6. The number of aromatic nitrogens is 7. The first-order valence-corrected chi connectivity index (χ1v) is 17.8. The van der Waals surface area contributed by atoms with Crippen LogP contribution in [-0.2, 0) is 0 Å². The molecule has 0 aliphatic heterocycles. The highest BCUT2D eigenvalue weighted by Crippen LogP contribution is 2.33. The number of para-hydroxylation sites is 1. The molecule has 0 N–H and O–H groups in total. The number of pyridine rings is 1. The van der Waals surface area contributed by atoms with Crippen LogP contribution in [0.3, 0.4) is 0 Å². The van der Waals surface area contributed by atoms with E-state index in [0.717, 1.165) is 78.1 Å². The Labute approximate surface area is 313 Å². The molecule has 9 aromatic rings. The summed E-state index contributed by atoms with van der Waals surface area (Å²) >= 11 is 0. The van der Waals surface area contributed by atoms with Gasteiger partial charge in [-0.3, -0.25) is 4.98 Å². The molecule has 7 heteroatoms. The number of hydrogen-bond donors (Lipinski definition) is 0. The third kappa shape index (κ3) is 6.39. The van der Waals surface area contributed by atoms with E-state index >= 15 is 0 Å². The van der Waals surface area contributed by atoms with Gasteiger partial charge in [0, 0.05) is 44.5 Å². The Hall–Kier alpha value is -7.25. The molecular weight excluding hydrogens is 663 g/mol. The Morgan fingerprint density at radius 2 is 0.759 bits per heavy atom. The van der Waals surface area contributed by atoms with Gasteiger partial charge in [0.2, 0.25) is 0 Å². The van der Waals surface area contributed by atoms with Gasteiger partial charge in [0.1, 0.15) is 5.69 Å². The van der Waals surface area contributed by atoms with Crippen LogP contribution < -0.4 is 0 Å². The number of nitrogens with zero attached hydrogens (tertiary/aromatic N) is 7. The van der Waals surface area contributed by atoms with E-state index in [9.17, 15) is 0 Å². The molecule has 0 amide bonds. The van der Waals surface area contributed by atoms with E-state index in [2.05, 4.69) is 112 Å². The van der Waals surface area contributed by atoms with Crippen LogP contribution in [0.25, 0.3) is 89.8 Å². The van der Waals surface area contributed by atoms with E-state index < -0.39 is 0 Å². The highest BCUT2D eigenvalue weighted by molar-refractivity contribution is 5.86. The maximum atomic E-state index is 4.96. The summed E-state index contributed by atoms with van der Waals surface area (Å²) in [5.41, 5.74) is 13.6. The van der Waals surface area contributed by atoms with Gasteiger partial charge in [-0.05, 0) is 53.4 Å². The lowest BCUT2D eigenvalue weighted by Gasteiger charge is -2.12. The maximum absolute atomic E-state index is 4.96. The smallest absolute Gasteiger partial charge is 0.164 e. The van der Waals surface area contributed by atoms with Crippen molar-refractivity contribution in [3.05, 3.63) is 175 Å². The van der Waals surface area contributed by atoms with Gasteiger partial charge in [0.15, 0.2) is 17.5 Å². The summed E-state index contributed by atoms with van der Waals surface area (Å²) in [6.45, 7) is 4.05. The third-order valence-corrected chi connectivity index (χ3v) is 9.72. The molecule has 3 aromatic heterocycles. The second-order valence-corrected chi connectivity index (χ2v) is 13.2. The molecule has 0 saturated heterocycles. The van der Waals surface area contributed by atoms with Crippen molar-refractivity contribution < 1.29 is 0 Å². The monoisotopic (exact) mass is 695 g/mol. The molecule has 3 heterocycles. The van der Waals surface area contributed by atoms with Gasteiger partial charge in [0.25, 0.3) is 0 Å². The lowest BCUT2D eigenvalue weighted by Crippen LogP contribution is -2.01. The number of benzene rings is 6. The van der Waals surface area contributed by atoms with Gasteiger partial charge in [-0.25, -0.2) is 15.0 Å². The maximum Gasteiger partial charge on any atom is 0.164 e. The fourth-order valence-electron chi connectivity index (χ4n) is 6.78. The standard InChI is InChI=1S/C47H33N7/c1-30-43(52-54-53-44(30)41-29-40-15-9-10-16-42(40)48-31(41)2)36-23-17-34(18-24-36)35-21-27-39(28-22-35)47-50-45(37-13-7-4-8-14-37)49-46(51-47)38-25-19-33(20-26-38)32-11-5-3-6-12-32/h3-29H,1-2H3. The average molecular weight is 696 g/mol. The van der Waals surface area contributed by atoms with Gasteiger partial charge in [-0.15, -0.1) is 10.2 Å². The first-order chi connectivity index (χ1) is 26.6. The van der Waals surface area contributed by atoms with Crippen molar-refractivity contribution in [2.75, 3.05) is 0 Å². The molecular formula is C47H33N7. The van der Waals surface area contributed by atoms with Crippen LogP contribution in [0.15, 0.2) is 164 Å². The second kappa shape index (κ2) is 14.1. The first kappa shape index (κ1) is 32.6. The molecule has 54 heavy (non-hydrogen) atoms. The van der Waals surface area contributed by atoms with Crippen LogP contribution in [-0.4, -0.2) is 35.3 Å². The van der Waals surface area contributed by atoms with Crippen molar-refractivity contribution in [2.24, 2.45) is 0 Å². The Morgan fingerprint density at radius 3 is 1.31 bits per heavy atom. The number of fused-ring (bicyclic) bond motifs is 1. The van der Waals surface area contributed by atoms with Crippen LogP contribution in [0.4, 0.5) is 0 Å². The summed E-state index contributed by atoms with van der Waals surface area (Å²) in [7, 11) is 0. The summed E-state index contributed by atoms with van der Waals surface area (Å²) in [6, 6.07) is 55.8. The molecule has 9 rings (SSSR count). The highest BCUT2D eigenvalue weighted by Gasteiger charge is 2.17. The molecule has 0 spiro atoms. The first-order valence-electron chi connectivity index (χ1n) is 17.8. The lowest BCUT2D eigenvalue weighted by atomic mass is 9.98. The molecule has 0 unspecified atom stereocenters. The van der Waals surface area contributed by atoms with Crippen molar-refractivity contribution in [3.63, 3.8) is 0 Å². The average Bonchev–Trinajstić information content (AvgIpc) is 3.24. The summed E-state index contributed by atoms with van der Waals surface area (Å²) in [5.74, 6) is 1.88. The third-order valence-electron chi connectivity index (χ3n) is 9.72. The summed E-state index contributed by atoms with van der Waals surface area (Å²) in [5, 5.41) is 14.1. The van der Waals surface area contributed by atoms with Crippen molar-refractivity contribution in [1.29, 1.82) is 0 Å². The van der Waals surface area contributed by atoms with Crippen LogP contribution in [0, 0.1) is 13.8 Å². The Bertz CT molecular complexity index is 2750. The van der Waals surface area contributed by atoms with E-state index in [4.69, 9.17) is 19.9 Å². The fourth-order valence-corrected chi connectivity index (χ4v) is 6.78. The van der Waals surface area contributed by atoms with E-state index in [-0.39, 0.29) is 0 Å². The normalized spacial score (nSPS) is 11.1. The second-order valence-electron chi connectivity index (χ2n) is 13.2. The molecule has 7 nitrogen and oxygen atoms in total. The van der Waals surface area contributed by atoms with Gasteiger partial charge in [0.05, 0.1) is 11.2 Å². The van der Waals surface area contributed by atoms with Crippen LogP contribution in [0.2, 0.25) is 0 Å². The van der Waals surface area contributed by atoms with Crippen molar-refractivity contribution in [1.82, 2.24) is 35.3 Å². The Morgan fingerprint density at radius 1 is 0.352 bits per heavy atom. The van der Waals surface area contributed by atoms with Gasteiger partial charge in [-0.1, -0.05) is 152 Å². The van der Waals surface area contributed by atoms with Crippen molar-refractivity contribution in [2.45, 2.75) is 13.8 Å². The predicted molar refractivity (Wildman–Crippen MR) is 216 cm³/mol. The van der Waals surface area contributed by atoms with Crippen LogP contribution in [0.5, 0.6) is 0 Å². The number of rotatable bonds is 7. The Balaban J connectivity index is 1.01. The summed E-state index contributed by atoms with van der Waals surface area (Å²) < 4.78 is 0. The molecule has 0 fully saturated rings. The molecule has 256 valence electrons. The minimum Gasteiger partial charge on any atom is -0.252 e. The Kier molecular flexibility index (Phi) is 8.49. The highest BCUT2D eigenvalue weighted by atomic mass is 15.3. The van der Waals surface area contributed by atoms with E-state index in [1.807, 2.05) is 80.6 Å². The van der Waals surface area contributed by atoms with Gasteiger partial charge >= 0.3 is 0 Å². The quantitative estimate of drug-likeness (QED) is 0.164. The molecule has 0 aliphatic rings. The topological polar surface area (TPSA) is 90.2 Å². The van der Waals surface area contributed by atoms with Crippen molar-refractivity contribution >= 4 is 10.9 Å². The predicted octanol–water partition coefficient (Wildman–Crippen LogP) is 10.9. The molecule has 0 aliphatic carbocycles. The zero-order chi connectivity index (χ0) is 36.4. The molecule has 0 atom stereocenters. The van der Waals surface area contributed by atoms with Crippen LogP contribution in [0.1, 0.15) is 11.3 Å². The van der Waals surface area contributed by atoms with Crippen LogP contribution >= 0.6 is 0 Å². The molecule has 0 bridgehead atoms. The summed E-state index contributed by atoms with van der Waals surface area (Å²) in [6.07, 6.45) is 0. The number of aryl methyl sites for hydroxylation is 1. The largest absolute Gasteiger partial charge is 0.252 e.